The van der Waals surface area contributed by atoms with Crippen LogP contribution in [0.5, 0.6) is 0 Å². The average molecular weight is 279 g/mol. The molecule has 0 saturated carbocycles. The van der Waals surface area contributed by atoms with E-state index in [0.717, 1.165) is 18.2 Å². The zero-order valence-electron chi connectivity index (χ0n) is 11.4. The molecule has 0 radical (unpaired) electrons. The minimum absolute atomic E-state index is 0.0555. The standard InChI is InChI=1S/C16H16F3N/c1-3-20-10(2)13-6-4-11(17)8-15(13)14-7-5-12(18)9-16(14)19/h4-10,20H,3H2,1-2H3. The smallest absolute Gasteiger partial charge is 0.133 e. The fourth-order valence-electron chi connectivity index (χ4n) is 2.26. The van der Waals surface area contributed by atoms with Crippen LogP contribution in [0.25, 0.3) is 11.1 Å². The minimum atomic E-state index is -0.694. The van der Waals surface area contributed by atoms with Crippen molar-refractivity contribution in [3.63, 3.8) is 0 Å². The molecule has 106 valence electrons. The second-order valence-electron chi connectivity index (χ2n) is 4.64. The summed E-state index contributed by atoms with van der Waals surface area (Å²) in [5, 5.41) is 3.20. The molecule has 2 aromatic rings. The summed E-state index contributed by atoms with van der Waals surface area (Å²) < 4.78 is 40.4. The van der Waals surface area contributed by atoms with Gasteiger partial charge >= 0.3 is 0 Å². The second-order valence-corrected chi connectivity index (χ2v) is 4.64. The van der Waals surface area contributed by atoms with Crippen LogP contribution >= 0.6 is 0 Å². The second kappa shape index (κ2) is 6.09. The monoisotopic (exact) mass is 279 g/mol. The van der Waals surface area contributed by atoms with Crippen LogP contribution < -0.4 is 5.32 Å². The van der Waals surface area contributed by atoms with E-state index in [2.05, 4.69) is 5.32 Å². The lowest BCUT2D eigenvalue weighted by atomic mass is 9.95. The molecule has 0 amide bonds. The van der Waals surface area contributed by atoms with Gasteiger partial charge in [-0.25, -0.2) is 13.2 Å². The lowest BCUT2D eigenvalue weighted by Crippen LogP contribution is -2.18. The zero-order chi connectivity index (χ0) is 14.7. The van der Waals surface area contributed by atoms with E-state index in [-0.39, 0.29) is 11.6 Å². The molecule has 0 saturated heterocycles. The van der Waals surface area contributed by atoms with Crippen LogP contribution in [0.2, 0.25) is 0 Å². The molecular formula is C16H16F3N. The van der Waals surface area contributed by atoms with Gasteiger partial charge in [-0.05, 0) is 48.9 Å². The van der Waals surface area contributed by atoms with Crippen molar-refractivity contribution in [3.05, 3.63) is 59.4 Å². The average Bonchev–Trinajstić information content (AvgIpc) is 2.38. The molecule has 0 spiro atoms. The highest BCUT2D eigenvalue weighted by Crippen LogP contribution is 2.31. The summed E-state index contributed by atoms with van der Waals surface area (Å²) in [4.78, 5) is 0. The van der Waals surface area contributed by atoms with Crippen molar-refractivity contribution in [2.24, 2.45) is 0 Å². The largest absolute Gasteiger partial charge is 0.310 e. The third kappa shape index (κ3) is 3.02. The molecule has 1 unspecified atom stereocenters. The first kappa shape index (κ1) is 14.6. The van der Waals surface area contributed by atoms with E-state index in [4.69, 9.17) is 0 Å². The Morgan fingerprint density at radius 2 is 1.60 bits per heavy atom. The molecule has 0 aromatic heterocycles. The van der Waals surface area contributed by atoms with Crippen molar-refractivity contribution in [2.75, 3.05) is 6.54 Å². The Bertz CT molecular complexity index is 611. The van der Waals surface area contributed by atoms with Crippen LogP contribution in [-0.2, 0) is 0 Å². The van der Waals surface area contributed by atoms with E-state index < -0.39 is 17.5 Å². The maximum Gasteiger partial charge on any atom is 0.133 e. The van der Waals surface area contributed by atoms with Gasteiger partial charge in [-0.15, -0.1) is 0 Å². The van der Waals surface area contributed by atoms with E-state index >= 15 is 0 Å². The van der Waals surface area contributed by atoms with Crippen molar-refractivity contribution in [1.29, 1.82) is 0 Å². The van der Waals surface area contributed by atoms with Gasteiger partial charge in [-0.1, -0.05) is 13.0 Å². The van der Waals surface area contributed by atoms with Crippen LogP contribution in [0.1, 0.15) is 25.5 Å². The normalized spacial score (nSPS) is 12.4. The van der Waals surface area contributed by atoms with E-state index in [1.165, 1.54) is 24.3 Å². The van der Waals surface area contributed by atoms with Gasteiger partial charge in [0.05, 0.1) is 0 Å². The molecule has 0 aliphatic rings. The molecule has 4 heteroatoms. The van der Waals surface area contributed by atoms with Gasteiger partial charge in [0.15, 0.2) is 0 Å². The molecule has 0 fully saturated rings. The lowest BCUT2D eigenvalue weighted by Gasteiger charge is -2.18. The summed E-state index contributed by atoms with van der Waals surface area (Å²) in [6, 6.07) is 7.50. The highest BCUT2D eigenvalue weighted by molar-refractivity contribution is 5.68. The minimum Gasteiger partial charge on any atom is -0.310 e. The lowest BCUT2D eigenvalue weighted by molar-refractivity contribution is 0.581. The molecule has 0 heterocycles. The molecule has 0 aliphatic carbocycles. The van der Waals surface area contributed by atoms with Crippen molar-refractivity contribution >= 4 is 0 Å². The predicted molar refractivity (Wildman–Crippen MR) is 73.8 cm³/mol. The third-order valence-electron chi connectivity index (χ3n) is 3.21. The highest BCUT2D eigenvalue weighted by Gasteiger charge is 2.15. The van der Waals surface area contributed by atoms with Crippen LogP contribution in [0, 0.1) is 17.5 Å². The number of halogens is 3. The van der Waals surface area contributed by atoms with Crippen LogP contribution in [-0.4, -0.2) is 6.54 Å². The molecule has 20 heavy (non-hydrogen) atoms. The summed E-state index contributed by atoms with van der Waals surface area (Å²) in [7, 11) is 0. The molecular weight excluding hydrogens is 263 g/mol. The van der Waals surface area contributed by atoms with Gasteiger partial charge in [0.25, 0.3) is 0 Å². The van der Waals surface area contributed by atoms with E-state index in [9.17, 15) is 13.2 Å². The Hall–Kier alpha value is -1.81. The van der Waals surface area contributed by atoms with E-state index in [0.29, 0.717) is 5.56 Å². The van der Waals surface area contributed by atoms with Crippen molar-refractivity contribution in [3.8, 4) is 11.1 Å². The summed E-state index contributed by atoms with van der Waals surface area (Å²) in [6.07, 6.45) is 0. The molecule has 0 aliphatic heterocycles. The Balaban J connectivity index is 2.56. The van der Waals surface area contributed by atoms with Gasteiger partial charge in [0.1, 0.15) is 17.5 Å². The highest BCUT2D eigenvalue weighted by atomic mass is 19.1. The van der Waals surface area contributed by atoms with Gasteiger partial charge in [0, 0.05) is 17.7 Å². The first-order chi connectivity index (χ1) is 9.52. The Labute approximate surface area is 116 Å². The van der Waals surface area contributed by atoms with Crippen LogP contribution in [0.3, 0.4) is 0 Å². The molecule has 1 N–H and O–H groups in total. The summed E-state index contributed by atoms with van der Waals surface area (Å²) in [5.41, 5.74) is 1.42. The van der Waals surface area contributed by atoms with Gasteiger partial charge < -0.3 is 5.32 Å². The maximum absolute atomic E-state index is 13.9. The number of hydrogen-bond donors (Lipinski definition) is 1. The Morgan fingerprint density at radius 3 is 2.25 bits per heavy atom. The molecule has 2 aromatic carbocycles. The number of hydrogen-bond acceptors (Lipinski definition) is 1. The topological polar surface area (TPSA) is 12.0 Å². The summed E-state index contributed by atoms with van der Waals surface area (Å²) >= 11 is 0. The SMILES string of the molecule is CCNC(C)c1ccc(F)cc1-c1ccc(F)cc1F. The summed E-state index contributed by atoms with van der Waals surface area (Å²) in [6.45, 7) is 4.61. The van der Waals surface area contributed by atoms with Gasteiger partial charge in [0.2, 0.25) is 0 Å². The number of benzene rings is 2. The maximum atomic E-state index is 13.9. The zero-order valence-corrected chi connectivity index (χ0v) is 11.4. The number of nitrogens with one attached hydrogen (secondary N) is 1. The molecule has 2 rings (SSSR count). The van der Waals surface area contributed by atoms with Crippen molar-refractivity contribution in [1.82, 2.24) is 5.32 Å². The van der Waals surface area contributed by atoms with Gasteiger partial charge in [-0.2, -0.15) is 0 Å². The molecule has 0 bridgehead atoms. The third-order valence-corrected chi connectivity index (χ3v) is 3.21. The molecule has 1 atom stereocenters. The summed E-state index contributed by atoms with van der Waals surface area (Å²) in [5.74, 6) is -1.79. The first-order valence-electron chi connectivity index (χ1n) is 6.51. The fourth-order valence-corrected chi connectivity index (χ4v) is 2.26. The number of rotatable bonds is 4. The Kier molecular flexibility index (Phi) is 4.45. The molecule has 1 nitrogen and oxygen atoms in total. The van der Waals surface area contributed by atoms with Crippen LogP contribution in [0.15, 0.2) is 36.4 Å². The van der Waals surface area contributed by atoms with Crippen molar-refractivity contribution in [2.45, 2.75) is 19.9 Å². The van der Waals surface area contributed by atoms with Crippen molar-refractivity contribution < 1.29 is 13.2 Å². The van der Waals surface area contributed by atoms with Gasteiger partial charge in [-0.3, -0.25) is 0 Å². The Morgan fingerprint density at radius 1 is 0.950 bits per heavy atom. The quantitative estimate of drug-likeness (QED) is 0.872. The van der Waals surface area contributed by atoms with E-state index in [1.807, 2.05) is 13.8 Å². The van der Waals surface area contributed by atoms with E-state index in [1.54, 1.807) is 6.07 Å². The van der Waals surface area contributed by atoms with Crippen LogP contribution in [0.4, 0.5) is 13.2 Å². The fraction of sp³-hybridized carbons (Fsp3) is 0.250. The predicted octanol–water partition coefficient (Wildman–Crippen LogP) is 4.44. The first-order valence-corrected chi connectivity index (χ1v) is 6.51.